The fourth-order valence-electron chi connectivity index (χ4n) is 5.13. The van der Waals surface area contributed by atoms with Crippen LogP contribution in [-0.2, 0) is 16.0 Å². The highest BCUT2D eigenvalue weighted by molar-refractivity contribution is 6.06. The summed E-state index contributed by atoms with van der Waals surface area (Å²) < 4.78 is 31.7. The number of morpholine rings is 1. The van der Waals surface area contributed by atoms with Crippen LogP contribution in [0.5, 0.6) is 0 Å². The maximum atomic E-state index is 14.5. The van der Waals surface area contributed by atoms with Crippen molar-refractivity contribution in [3.8, 4) is 11.4 Å². The maximum absolute atomic E-state index is 14.5. The highest BCUT2D eigenvalue weighted by Gasteiger charge is 2.27. The second kappa shape index (κ2) is 8.51. The molecular weight excluding hydrogens is 463 g/mol. The van der Waals surface area contributed by atoms with Gasteiger partial charge in [0.15, 0.2) is 17.2 Å². The number of furan rings is 1. The van der Waals surface area contributed by atoms with E-state index in [0.717, 1.165) is 36.0 Å². The molecule has 0 unspecified atom stereocenters. The summed E-state index contributed by atoms with van der Waals surface area (Å²) in [6.07, 6.45) is 3.94. The molecule has 2 saturated heterocycles. The molecule has 10 heteroatoms. The third kappa shape index (κ3) is 3.60. The zero-order valence-electron chi connectivity index (χ0n) is 19.8. The molecule has 2 fully saturated rings. The van der Waals surface area contributed by atoms with Gasteiger partial charge in [0, 0.05) is 68.7 Å². The fraction of sp³-hybridized carbons (Fsp3) is 0.346. The SMILES string of the molecule is COC1CN(Cc2cnc3oc4c(N5CCOCC5)nc(-c5cc(F)cc6[nH]ccc56)nc4c3c2)C1. The lowest BCUT2D eigenvalue weighted by atomic mass is 10.1. The molecule has 9 nitrogen and oxygen atoms in total. The lowest BCUT2D eigenvalue weighted by Gasteiger charge is -2.38. The number of aromatic amines is 1. The Morgan fingerprint density at radius 3 is 2.83 bits per heavy atom. The van der Waals surface area contributed by atoms with E-state index in [4.69, 9.17) is 23.9 Å². The first-order valence-corrected chi connectivity index (χ1v) is 12.1. The number of hydrogen-bond donors (Lipinski definition) is 1. The second-order valence-electron chi connectivity index (χ2n) is 9.39. The van der Waals surface area contributed by atoms with Crippen LogP contribution in [0.15, 0.2) is 41.1 Å². The van der Waals surface area contributed by atoms with Crippen molar-refractivity contribution >= 4 is 38.9 Å². The number of nitrogens with zero attached hydrogens (tertiary/aromatic N) is 5. The first kappa shape index (κ1) is 21.7. The summed E-state index contributed by atoms with van der Waals surface area (Å²) in [5.74, 6) is 0.782. The second-order valence-corrected chi connectivity index (χ2v) is 9.39. The van der Waals surface area contributed by atoms with Crippen molar-refractivity contribution in [1.82, 2.24) is 24.8 Å². The molecule has 0 aliphatic carbocycles. The number of halogens is 1. The summed E-state index contributed by atoms with van der Waals surface area (Å²) in [6.45, 7) is 5.14. The van der Waals surface area contributed by atoms with Crippen molar-refractivity contribution < 1.29 is 18.3 Å². The van der Waals surface area contributed by atoms with Gasteiger partial charge >= 0.3 is 0 Å². The van der Waals surface area contributed by atoms with Crippen molar-refractivity contribution in [2.45, 2.75) is 12.6 Å². The van der Waals surface area contributed by atoms with Crippen LogP contribution in [-0.4, -0.2) is 77.4 Å². The maximum Gasteiger partial charge on any atom is 0.229 e. The third-order valence-corrected chi connectivity index (χ3v) is 7.06. The molecule has 2 aliphatic rings. The van der Waals surface area contributed by atoms with Gasteiger partial charge in [-0.25, -0.2) is 19.3 Å². The summed E-state index contributed by atoms with van der Waals surface area (Å²) in [6, 6.07) is 6.97. The van der Waals surface area contributed by atoms with Gasteiger partial charge in [-0.1, -0.05) is 0 Å². The largest absolute Gasteiger partial charge is 0.432 e. The molecule has 0 atom stereocenters. The Balaban J connectivity index is 1.40. The number of nitrogens with one attached hydrogen (secondary N) is 1. The molecule has 4 aromatic heterocycles. The van der Waals surface area contributed by atoms with Crippen LogP contribution in [0.1, 0.15) is 5.56 Å². The summed E-state index contributed by atoms with van der Waals surface area (Å²) in [5, 5.41) is 1.69. The quantitative estimate of drug-likeness (QED) is 0.400. The monoisotopic (exact) mass is 488 g/mol. The summed E-state index contributed by atoms with van der Waals surface area (Å²) in [4.78, 5) is 22.0. The zero-order valence-corrected chi connectivity index (χ0v) is 19.8. The lowest BCUT2D eigenvalue weighted by molar-refractivity contribution is -0.0334. The average molecular weight is 489 g/mol. The van der Waals surface area contributed by atoms with Gasteiger partial charge in [-0.2, -0.15) is 0 Å². The molecule has 0 bridgehead atoms. The standard InChI is InChI=1S/C26H25FN6O3/c1-34-17-13-32(14-17)12-15-8-20-22-23(36-26(20)29-11-15)25(33-4-6-35-7-5-33)31-24(30-22)19-9-16(27)10-21-18(19)2-3-28-21/h2-3,8-11,17,28H,4-7,12-14H2,1H3. The minimum absolute atomic E-state index is 0.291. The van der Waals surface area contributed by atoms with Crippen LogP contribution in [0.4, 0.5) is 10.2 Å². The number of benzene rings is 1. The van der Waals surface area contributed by atoms with Crippen molar-refractivity contribution in [3.63, 3.8) is 0 Å². The van der Waals surface area contributed by atoms with Crippen LogP contribution in [0.3, 0.4) is 0 Å². The number of rotatable bonds is 5. The molecule has 184 valence electrons. The predicted octanol–water partition coefficient (Wildman–Crippen LogP) is 3.73. The number of fused-ring (bicyclic) bond motifs is 4. The van der Waals surface area contributed by atoms with E-state index < -0.39 is 0 Å². The molecule has 2 aliphatic heterocycles. The summed E-state index contributed by atoms with van der Waals surface area (Å²) in [5.41, 5.74) is 4.19. The van der Waals surface area contributed by atoms with Crippen molar-refractivity contribution in [2.24, 2.45) is 0 Å². The number of methoxy groups -OCH3 is 1. The minimum atomic E-state index is -0.346. The van der Waals surface area contributed by atoms with E-state index in [-0.39, 0.29) is 5.82 Å². The van der Waals surface area contributed by atoms with Crippen LogP contribution in [0, 0.1) is 5.82 Å². The Kier molecular flexibility index (Phi) is 5.12. The van der Waals surface area contributed by atoms with Gasteiger partial charge < -0.3 is 23.8 Å². The van der Waals surface area contributed by atoms with E-state index >= 15 is 0 Å². The van der Waals surface area contributed by atoms with Crippen LogP contribution >= 0.6 is 0 Å². The normalized spacial score (nSPS) is 17.4. The highest BCUT2D eigenvalue weighted by Crippen LogP contribution is 2.36. The van der Waals surface area contributed by atoms with Gasteiger partial charge in [-0.15, -0.1) is 0 Å². The average Bonchev–Trinajstić information content (AvgIpc) is 3.49. The molecule has 5 aromatic rings. The molecule has 36 heavy (non-hydrogen) atoms. The van der Waals surface area contributed by atoms with Crippen molar-refractivity contribution in [1.29, 1.82) is 0 Å². The van der Waals surface area contributed by atoms with E-state index in [9.17, 15) is 4.39 Å². The first-order chi connectivity index (χ1) is 17.7. The molecule has 0 radical (unpaired) electrons. The molecule has 6 heterocycles. The molecular formula is C26H25FN6O3. The van der Waals surface area contributed by atoms with Gasteiger partial charge in [0.1, 0.15) is 11.3 Å². The Labute approximate surface area is 205 Å². The number of aromatic nitrogens is 4. The van der Waals surface area contributed by atoms with Crippen molar-refractivity contribution in [3.05, 3.63) is 48.0 Å². The van der Waals surface area contributed by atoms with E-state index in [2.05, 4.69) is 25.8 Å². The lowest BCUT2D eigenvalue weighted by Crippen LogP contribution is -2.50. The first-order valence-electron chi connectivity index (χ1n) is 12.1. The predicted molar refractivity (Wildman–Crippen MR) is 133 cm³/mol. The Bertz CT molecular complexity index is 1590. The molecule has 0 saturated carbocycles. The number of anilines is 1. The van der Waals surface area contributed by atoms with Gasteiger partial charge in [0.25, 0.3) is 0 Å². The topological polar surface area (TPSA) is 92.5 Å². The van der Waals surface area contributed by atoms with Crippen LogP contribution < -0.4 is 4.90 Å². The molecule has 1 aromatic carbocycles. The van der Waals surface area contributed by atoms with Gasteiger partial charge in [-0.3, -0.25) is 4.90 Å². The Morgan fingerprint density at radius 1 is 1.14 bits per heavy atom. The fourth-order valence-corrected chi connectivity index (χ4v) is 5.13. The minimum Gasteiger partial charge on any atom is -0.432 e. The number of pyridine rings is 1. The van der Waals surface area contributed by atoms with Crippen LogP contribution in [0.25, 0.3) is 44.5 Å². The number of likely N-dealkylation sites (tertiary alicyclic amines) is 1. The molecule has 0 spiro atoms. The van der Waals surface area contributed by atoms with E-state index in [1.807, 2.05) is 12.3 Å². The van der Waals surface area contributed by atoms with Crippen LogP contribution in [0.2, 0.25) is 0 Å². The smallest absolute Gasteiger partial charge is 0.229 e. The van der Waals surface area contributed by atoms with E-state index in [1.54, 1.807) is 13.3 Å². The molecule has 7 rings (SSSR count). The molecule has 0 amide bonds. The zero-order chi connectivity index (χ0) is 24.2. The van der Waals surface area contributed by atoms with Crippen molar-refractivity contribution in [2.75, 3.05) is 51.4 Å². The number of H-pyrrole nitrogens is 1. The number of hydrogen-bond acceptors (Lipinski definition) is 8. The number of ether oxygens (including phenoxy) is 2. The van der Waals surface area contributed by atoms with Gasteiger partial charge in [0.2, 0.25) is 5.71 Å². The van der Waals surface area contributed by atoms with E-state index in [1.165, 1.54) is 12.1 Å². The third-order valence-electron chi connectivity index (χ3n) is 7.06. The Morgan fingerprint density at radius 2 is 2.00 bits per heavy atom. The van der Waals surface area contributed by atoms with Gasteiger partial charge in [0.05, 0.1) is 24.7 Å². The van der Waals surface area contributed by atoms with E-state index in [0.29, 0.717) is 71.9 Å². The molecule has 1 N–H and O–H groups in total. The Hall–Kier alpha value is -3.60. The summed E-state index contributed by atoms with van der Waals surface area (Å²) in [7, 11) is 1.75. The van der Waals surface area contributed by atoms with Gasteiger partial charge in [-0.05, 0) is 29.8 Å². The highest BCUT2D eigenvalue weighted by atomic mass is 19.1. The summed E-state index contributed by atoms with van der Waals surface area (Å²) >= 11 is 0.